The molecule has 0 spiro atoms. The number of hydrogen-bond acceptors (Lipinski definition) is 3. The Morgan fingerprint density at radius 3 is 2.79 bits per heavy atom. The third-order valence-corrected chi connectivity index (χ3v) is 3.19. The van der Waals surface area contributed by atoms with Crippen LogP contribution in [0.15, 0.2) is 24.3 Å². The van der Waals surface area contributed by atoms with Crippen LogP contribution < -0.4 is 10.6 Å². The fraction of sp³-hybridized carbons (Fsp3) is 0.533. The minimum absolute atomic E-state index is 0.0395. The van der Waals surface area contributed by atoms with E-state index in [2.05, 4.69) is 42.5 Å². The molecule has 4 nitrogen and oxygen atoms in total. The van der Waals surface area contributed by atoms with Gasteiger partial charge in [0.1, 0.15) is 0 Å². The Bertz CT molecular complexity index is 406. The number of benzene rings is 1. The molecule has 0 saturated carbocycles. The van der Waals surface area contributed by atoms with Crippen LogP contribution in [0.4, 0.5) is 5.69 Å². The Labute approximate surface area is 116 Å². The zero-order valence-electron chi connectivity index (χ0n) is 12.4. The summed E-state index contributed by atoms with van der Waals surface area (Å²) in [6.45, 7) is 8.87. The molecule has 0 heterocycles. The van der Waals surface area contributed by atoms with Gasteiger partial charge in [-0.15, -0.1) is 0 Å². The first-order valence-electron chi connectivity index (χ1n) is 6.82. The number of carbonyl (C=O) groups is 1. The van der Waals surface area contributed by atoms with E-state index in [0.29, 0.717) is 0 Å². The minimum Gasteiger partial charge on any atom is -0.326 e. The van der Waals surface area contributed by atoms with Crippen LogP contribution in [-0.2, 0) is 4.79 Å². The summed E-state index contributed by atoms with van der Waals surface area (Å²) in [5.74, 6) is -0.0395. The van der Waals surface area contributed by atoms with Crippen molar-refractivity contribution >= 4 is 11.6 Å². The highest BCUT2D eigenvalue weighted by Crippen LogP contribution is 2.17. The molecule has 0 bridgehead atoms. The minimum atomic E-state index is -0.0395. The highest BCUT2D eigenvalue weighted by Gasteiger charge is 2.06. The van der Waals surface area contributed by atoms with Crippen molar-refractivity contribution in [2.45, 2.75) is 26.8 Å². The van der Waals surface area contributed by atoms with Gasteiger partial charge in [-0.25, -0.2) is 0 Å². The molecule has 0 radical (unpaired) electrons. The number of rotatable bonds is 7. The first kappa shape index (κ1) is 15.7. The zero-order valence-corrected chi connectivity index (χ0v) is 12.4. The highest BCUT2D eigenvalue weighted by atomic mass is 16.1. The first-order valence-corrected chi connectivity index (χ1v) is 6.82. The van der Waals surface area contributed by atoms with E-state index in [-0.39, 0.29) is 11.9 Å². The molecular weight excluding hydrogens is 238 g/mol. The fourth-order valence-corrected chi connectivity index (χ4v) is 1.84. The van der Waals surface area contributed by atoms with Crippen molar-refractivity contribution in [3.8, 4) is 0 Å². The third-order valence-electron chi connectivity index (χ3n) is 3.19. The van der Waals surface area contributed by atoms with Crippen LogP contribution in [0, 0.1) is 0 Å². The van der Waals surface area contributed by atoms with Crippen LogP contribution in [0.2, 0.25) is 0 Å². The lowest BCUT2D eigenvalue weighted by Crippen LogP contribution is -2.30. The SMILES string of the molecule is CCN(C)CCNC(C)c1cccc(NC(C)=O)c1. The van der Waals surface area contributed by atoms with Gasteiger partial charge in [0, 0.05) is 31.7 Å². The van der Waals surface area contributed by atoms with Crippen LogP contribution in [0.25, 0.3) is 0 Å². The maximum absolute atomic E-state index is 11.0. The van der Waals surface area contributed by atoms with Crippen LogP contribution >= 0.6 is 0 Å². The molecule has 1 aromatic carbocycles. The summed E-state index contributed by atoms with van der Waals surface area (Å²) < 4.78 is 0. The average Bonchev–Trinajstić information content (AvgIpc) is 2.37. The Hall–Kier alpha value is -1.39. The predicted octanol–water partition coefficient (Wildman–Crippen LogP) is 2.25. The van der Waals surface area contributed by atoms with E-state index in [4.69, 9.17) is 0 Å². The van der Waals surface area contributed by atoms with E-state index in [9.17, 15) is 4.79 Å². The maximum Gasteiger partial charge on any atom is 0.221 e. The van der Waals surface area contributed by atoms with Gasteiger partial charge in [-0.1, -0.05) is 19.1 Å². The normalized spacial score (nSPS) is 12.5. The summed E-state index contributed by atoms with van der Waals surface area (Å²) >= 11 is 0. The Morgan fingerprint density at radius 2 is 2.16 bits per heavy atom. The monoisotopic (exact) mass is 263 g/mol. The van der Waals surface area contributed by atoms with Crippen molar-refractivity contribution in [1.82, 2.24) is 10.2 Å². The molecule has 0 aliphatic rings. The second kappa shape index (κ2) is 7.92. The zero-order chi connectivity index (χ0) is 14.3. The summed E-state index contributed by atoms with van der Waals surface area (Å²) in [7, 11) is 2.11. The lowest BCUT2D eigenvalue weighted by Gasteiger charge is -2.18. The number of carbonyl (C=O) groups excluding carboxylic acids is 1. The largest absolute Gasteiger partial charge is 0.326 e. The van der Waals surface area contributed by atoms with Crippen LogP contribution in [0.5, 0.6) is 0 Å². The van der Waals surface area contributed by atoms with Gasteiger partial charge in [-0.05, 0) is 38.2 Å². The molecule has 4 heteroatoms. The number of nitrogens with one attached hydrogen (secondary N) is 2. The fourth-order valence-electron chi connectivity index (χ4n) is 1.84. The van der Waals surface area contributed by atoms with E-state index in [0.717, 1.165) is 25.3 Å². The van der Waals surface area contributed by atoms with Crippen LogP contribution in [0.1, 0.15) is 32.4 Å². The van der Waals surface area contributed by atoms with Crippen molar-refractivity contribution in [2.24, 2.45) is 0 Å². The summed E-state index contributed by atoms with van der Waals surface area (Å²) in [5.41, 5.74) is 2.04. The molecule has 1 amide bonds. The molecule has 1 unspecified atom stereocenters. The first-order chi connectivity index (χ1) is 9.02. The summed E-state index contributed by atoms with van der Waals surface area (Å²) in [4.78, 5) is 13.3. The van der Waals surface area contributed by atoms with Crippen LogP contribution in [0.3, 0.4) is 0 Å². The highest BCUT2D eigenvalue weighted by molar-refractivity contribution is 5.88. The number of nitrogens with zero attached hydrogens (tertiary/aromatic N) is 1. The van der Waals surface area contributed by atoms with Gasteiger partial charge >= 0.3 is 0 Å². The topological polar surface area (TPSA) is 44.4 Å². The maximum atomic E-state index is 11.0. The number of likely N-dealkylation sites (N-methyl/N-ethyl adjacent to an activating group) is 1. The standard InChI is InChI=1S/C15H25N3O/c1-5-18(4)10-9-16-12(2)14-7-6-8-15(11-14)17-13(3)19/h6-8,11-12,16H,5,9-10H2,1-4H3,(H,17,19). The summed E-state index contributed by atoms with van der Waals surface area (Å²) in [5, 5.41) is 6.30. The average molecular weight is 263 g/mol. The molecular formula is C15H25N3O. The van der Waals surface area contributed by atoms with E-state index >= 15 is 0 Å². The number of anilines is 1. The molecule has 106 valence electrons. The summed E-state index contributed by atoms with van der Waals surface area (Å²) in [6, 6.07) is 8.24. The number of amides is 1. The molecule has 1 aromatic rings. The molecule has 1 atom stereocenters. The molecule has 0 saturated heterocycles. The van der Waals surface area contributed by atoms with Gasteiger partial charge in [0.2, 0.25) is 5.91 Å². The summed E-state index contributed by atoms with van der Waals surface area (Å²) in [6.07, 6.45) is 0. The van der Waals surface area contributed by atoms with Crippen molar-refractivity contribution in [3.63, 3.8) is 0 Å². The van der Waals surface area contributed by atoms with E-state index < -0.39 is 0 Å². The molecule has 0 aliphatic heterocycles. The Kier molecular flexibility index (Phi) is 6.53. The lowest BCUT2D eigenvalue weighted by atomic mass is 10.1. The second-order valence-electron chi connectivity index (χ2n) is 4.88. The van der Waals surface area contributed by atoms with Crippen molar-refractivity contribution in [1.29, 1.82) is 0 Å². The van der Waals surface area contributed by atoms with Crippen LogP contribution in [-0.4, -0.2) is 37.5 Å². The quantitative estimate of drug-likeness (QED) is 0.793. The van der Waals surface area contributed by atoms with E-state index in [1.807, 2.05) is 18.2 Å². The van der Waals surface area contributed by atoms with Gasteiger partial charge in [0.25, 0.3) is 0 Å². The van der Waals surface area contributed by atoms with Gasteiger partial charge in [0.05, 0.1) is 0 Å². The molecule has 0 aromatic heterocycles. The van der Waals surface area contributed by atoms with E-state index in [1.165, 1.54) is 12.5 Å². The third kappa shape index (κ3) is 5.85. The van der Waals surface area contributed by atoms with Gasteiger partial charge < -0.3 is 15.5 Å². The van der Waals surface area contributed by atoms with Crippen molar-refractivity contribution < 1.29 is 4.79 Å². The van der Waals surface area contributed by atoms with Gasteiger partial charge in [-0.3, -0.25) is 4.79 Å². The van der Waals surface area contributed by atoms with Crippen molar-refractivity contribution in [2.75, 3.05) is 32.0 Å². The molecule has 19 heavy (non-hydrogen) atoms. The molecule has 1 rings (SSSR count). The Balaban J connectivity index is 2.51. The predicted molar refractivity (Wildman–Crippen MR) is 80.3 cm³/mol. The van der Waals surface area contributed by atoms with Gasteiger partial charge in [0.15, 0.2) is 0 Å². The Morgan fingerprint density at radius 1 is 1.42 bits per heavy atom. The smallest absolute Gasteiger partial charge is 0.221 e. The number of hydrogen-bond donors (Lipinski definition) is 2. The molecule has 0 aliphatic carbocycles. The molecule has 0 fully saturated rings. The lowest BCUT2D eigenvalue weighted by molar-refractivity contribution is -0.114. The van der Waals surface area contributed by atoms with E-state index in [1.54, 1.807) is 0 Å². The molecule has 2 N–H and O–H groups in total. The second-order valence-corrected chi connectivity index (χ2v) is 4.88. The van der Waals surface area contributed by atoms with Crippen molar-refractivity contribution in [3.05, 3.63) is 29.8 Å². The van der Waals surface area contributed by atoms with Gasteiger partial charge in [-0.2, -0.15) is 0 Å².